The first-order chi connectivity index (χ1) is 6.38. The number of halogens is 2. The van der Waals surface area contributed by atoms with Gasteiger partial charge in [-0.15, -0.1) is 0 Å². The maximum atomic E-state index is 13.2. The molecule has 14 heavy (non-hydrogen) atoms. The van der Waals surface area contributed by atoms with E-state index in [1.807, 2.05) is 6.07 Å². The van der Waals surface area contributed by atoms with E-state index < -0.39 is 11.2 Å². The topological polar surface area (TPSA) is 44.0 Å². The molecule has 0 saturated heterocycles. The van der Waals surface area contributed by atoms with Gasteiger partial charge in [0.15, 0.2) is 0 Å². The van der Waals surface area contributed by atoms with Crippen LogP contribution in [0.1, 0.15) is 19.4 Å². The number of phenolic OH excluding ortho intramolecular Hbond substituents is 1. The van der Waals surface area contributed by atoms with Gasteiger partial charge in [-0.05, 0) is 41.9 Å². The molecule has 0 bridgehead atoms. The van der Waals surface area contributed by atoms with E-state index in [9.17, 15) is 9.50 Å². The largest absolute Gasteiger partial charge is 0.508 e. The van der Waals surface area contributed by atoms with Crippen molar-refractivity contribution in [2.75, 3.05) is 0 Å². The van der Waals surface area contributed by atoms with Crippen molar-refractivity contribution in [2.45, 2.75) is 19.3 Å². The van der Waals surface area contributed by atoms with Gasteiger partial charge in [0.1, 0.15) is 11.6 Å². The lowest BCUT2D eigenvalue weighted by Crippen LogP contribution is -2.14. The number of nitriles is 1. The van der Waals surface area contributed by atoms with Gasteiger partial charge in [-0.25, -0.2) is 4.39 Å². The lowest BCUT2D eigenvalue weighted by Gasteiger charge is -2.17. The smallest absolute Gasteiger partial charge is 0.137 e. The third-order valence-electron chi connectivity index (χ3n) is 1.99. The predicted octanol–water partition coefficient (Wildman–Crippen LogP) is 3.09. The van der Waals surface area contributed by atoms with Crippen LogP contribution in [-0.2, 0) is 5.41 Å². The van der Waals surface area contributed by atoms with Gasteiger partial charge in [0.2, 0.25) is 0 Å². The zero-order valence-corrected chi connectivity index (χ0v) is 9.39. The van der Waals surface area contributed by atoms with Crippen LogP contribution in [0.15, 0.2) is 16.6 Å². The van der Waals surface area contributed by atoms with Crippen LogP contribution in [0, 0.1) is 17.1 Å². The Morgan fingerprint density at radius 1 is 1.50 bits per heavy atom. The Labute approximate surface area is 90.1 Å². The normalized spacial score (nSPS) is 11.1. The van der Waals surface area contributed by atoms with Crippen LogP contribution >= 0.6 is 15.9 Å². The Hall–Kier alpha value is -1.08. The predicted molar refractivity (Wildman–Crippen MR) is 54.4 cm³/mol. The van der Waals surface area contributed by atoms with Gasteiger partial charge in [0, 0.05) is 5.56 Å². The van der Waals surface area contributed by atoms with Crippen LogP contribution in [0.25, 0.3) is 0 Å². The van der Waals surface area contributed by atoms with E-state index >= 15 is 0 Å². The van der Waals surface area contributed by atoms with E-state index in [1.54, 1.807) is 13.8 Å². The molecule has 1 aromatic carbocycles. The van der Waals surface area contributed by atoms with Crippen molar-refractivity contribution >= 4 is 15.9 Å². The fourth-order valence-corrected chi connectivity index (χ4v) is 1.43. The summed E-state index contributed by atoms with van der Waals surface area (Å²) in [6, 6.07) is 4.43. The number of phenols is 1. The number of nitrogens with zero attached hydrogens (tertiary/aromatic N) is 1. The molecule has 0 saturated carbocycles. The second kappa shape index (κ2) is 3.58. The van der Waals surface area contributed by atoms with Crippen molar-refractivity contribution in [2.24, 2.45) is 0 Å². The minimum absolute atomic E-state index is 0.0789. The van der Waals surface area contributed by atoms with E-state index in [1.165, 1.54) is 12.1 Å². The minimum Gasteiger partial charge on any atom is -0.508 e. The molecule has 0 aromatic heterocycles. The Kier molecular flexibility index (Phi) is 2.81. The van der Waals surface area contributed by atoms with Crippen LogP contribution in [-0.4, -0.2) is 5.11 Å². The SMILES string of the molecule is CC(C)(C#N)c1cc(F)c(Br)cc1O. The summed E-state index contributed by atoms with van der Waals surface area (Å²) >= 11 is 2.95. The average Bonchev–Trinajstić information content (AvgIpc) is 2.11. The van der Waals surface area contributed by atoms with Gasteiger partial charge in [-0.3, -0.25) is 0 Å². The molecule has 0 heterocycles. The summed E-state index contributed by atoms with van der Waals surface area (Å²) in [4.78, 5) is 0. The number of hydrogen-bond donors (Lipinski definition) is 1. The zero-order valence-electron chi connectivity index (χ0n) is 7.81. The Morgan fingerprint density at radius 2 is 2.07 bits per heavy atom. The first-order valence-corrected chi connectivity index (χ1v) is 4.77. The van der Waals surface area contributed by atoms with Gasteiger partial charge in [0.25, 0.3) is 0 Å². The van der Waals surface area contributed by atoms with Crippen molar-refractivity contribution in [1.29, 1.82) is 5.26 Å². The van der Waals surface area contributed by atoms with Gasteiger partial charge in [0.05, 0.1) is 16.0 Å². The molecule has 0 spiro atoms. The summed E-state index contributed by atoms with van der Waals surface area (Å²) in [6.07, 6.45) is 0. The molecular weight excluding hydrogens is 249 g/mol. The fourth-order valence-electron chi connectivity index (χ4n) is 1.10. The summed E-state index contributed by atoms with van der Waals surface area (Å²) in [6.45, 7) is 3.24. The van der Waals surface area contributed by atoms with Crippen molar-refractivity contribution in [1.82, 2.24) is 0 Å². The number of benzene rings is 1. The average molecular weight is 258 g/mol. The molecule has 0 aliphatic rings. The van der Waals surface area contributed by atoms with Crippen molar-refractivity contribution in [3.05, 3.63) is 28.0 Å². The maximum Gasteiger partial charge on any atom is 0.137 e. The quantitative estimate of drug-likeness (QED) is 0.841. The Bertz CT molecular complexity index is 409. The highest BCUT2D eigenvalue weighted by Gasteiger charge is 2.24. The second-order valence-corrected chi connectivity index (χ2v) is 4.37. The van der Waals surface area contributed by atoms with Crippen molar-refractivity contribution < 1.29 is 9.50 Å². The first-order valence-electron chi connectivity index (χ1n) is 3.98. The van der Waals surface area contributed by atoms with E-state index in [0.717, 1.165) is 0 Å². The van der Waals surface area contributed by atoms with Crippen LogP contribution < -0.4 is 0 Å². The summed E-state index contributed by atoms with van der Waals surface area (Å²) in [5, 5.41) is 18.4. The van der Waals surface area contributed by atoms with Gasteiger partial charge >= 0.3 is 0 Å². The van der Waals surface area contributed by atoms with Gasteiger partial charge in [-0.1, -0.05) is 0 Å². The molecule has 0 unspecified atom stereocenters. The first kappa shape index (κ1) is 11.0. The zero-order chi connectivity index (χ0) is 10.9. The molecule has 0 radical (unpaired) electrons. The van der Waals surface area contributed by atoms with E-state index in [0.29, 0.717) is 5.56 Å². The van der Waals surface area contributed by atoms with Crippen LogP contribution in [0.2, 0.25) is 0 Å². The highest BCUT2D eigenvalue weighted by Crippen LogP contribution is 2.34. The van der Waals surface area contributed by atoms with E-state index in [4.69, 9.17) is 5.26 Å². The molecule has 0 aliphatic heterocycles. The lowest BCUT2D eigenvalue weighted by molar-refractivity contribution is 0.452. The summed E-state index contributed by atoms with van der Waals surface area (Å²) in [5.41, 5.74) is -0.605. The molecule has 1 N–H and O–H groups in total. The van der Waals surface area contributed by atoms with E-state index in [-0.39, 0.29) is 10.2 Å². The molecular formula is C10H9BrFNO. The molecule has 2 nitrogen and oxygen atoms in total. The molecule has 1 aromatic rings. The Balaban J connectivity index is 3.38. The number of rotatable bonds is 1. The molecule has 0 amide bonds. The van der Waals surface area contributed by atoms with Crippen molar-refractivity contribution in [3.8, 4) is 11.8 Å². The highest BCUT2D eigenvalue weighted by molar-refractivity contribution is 9.10. The molecule has 4 heteroatoms. The van der Waals surface area contributed by atoms with Gasteiger partial charge in [-0.2, -0.15) is 5.26 Å². The van der Waals surface area contributed by atoms with Crippen LogP contribution in [0.3, 0.4) is 0 Å². The molecule has 74 valence electrons. The number of aromatic hydroxyl groups is 1. The second-order valence-electron chi connectivity index (χ2n) is 3.52. The summed E-state index contributed by atoms with van der Waals surface area (Å²) in [7, 11) is 0. The van der Waals surface area contributed by atoms with Crippen LogP contribution in [0.4, 0.5) is 4.39 Å². The van der Waals surface area contributed by atoms with Gasteiger partial charge < -0.3 is 5.11 Å². The van der Waals surface area contributed by atoms with Crippen LogP contribution in [0.5, 0.6) is 5.75 Å². The monoisotopic (exact) mass is 257 g/mol. The molecule has 1 rings (SSSR count). The third-order valence-corrected chi connectivity index (χ3v) is 2.60. The Morgan fingerprint density at radius 3 is 2.57 bits per heavy atom. The maximum absolute atomic E-state index is 13.2. The molecule has 0 aliphatic carbocycles. The lowest BCUT2D eigenvalue weighted by atomic mass is 9.86. The highest BCUT2D eigenvalue weighted by atomic mass is 79.9. The van der Waals surface area contributed by atoms with E-state index in [2.05, 4.69) is 15.9 Å². The standard InChI is InChI=1S/C10H9BrFNO/c1-10(2,5-13)6-3-8(12)7(11)4-9(6)14/h3-4,14H,1-2H3. The van der Waals surface area contributed by atoms with Crippen molar-refractivity contribution in [3.63, 3.8) is 0 Å². The molecule has 0 fully saturated rings. The fraction of sp³-hybridized carbons (Fsp3) is 0.300. The minimum atomic E-state index is -0.897. The third kappa shape index (κ3) is 1.88. The summed E-state index contributed by atoms with van der Waals surface area (Å²) in [5.74, 6) is -0.564. The number of hydrogen-bond acceptors (Lipinski definition) is 2. The molecule has 0 atom stereocenters. The summed E-state index contributed by atoms with van der Waals surface area (Å²) < 4.78 is 13.3.